The summed E-state index contributed by atoms with van der Waals surface area (Å²) >= 11 is 0. The minimum Gasteiger partial charge on any atom is -0.478 e. The van der Waals surface area contributed by atoms with E-state index in [-0.39, 0.29) is 5.56 Å². The molecule has 0 aromatic carbocycles. The van der Waals surface area contributed by atoms with E-state index in [4.69, 9.17) is 5.11 Å². The summed E-state index contributed by atoms with van der Waals surface area (Å²) in [4.78, 5) is 19.3. The Morgan fingerprint density at radius 3 is 2.82 bits per heavy atom. The normalized spacial score (nSPS) is 16.7. The van der Waals surface area contributed by atoms with Gasteiger partial charge in [-0.1, -0.05) is 12.8 Å². The Morgan fingerprint density at radius 2 is 2.12 bits per heavy atom. The number of imidazole rings is 1. The molecule has 3 rings (SSSR count). The standard InChI is InChI=1S/C12H13N3O2/c16-12(17)8-5-10-11(13-6-8)15(7-14-10)9-3-1-2-4-9/h5-7,9H,1-4H2,(H,16,17). The van der Waals surface area contributed by atoms with E-state index in [1.54, 1.807) is 12.4 Å². The highest BCUT2D eigenvalue weighted by atomic mass is 16.4. The minimum absolute atomic E-state index is 0.189. The van der Waals surface area contributed by atoms with Crippen LogP contribution in [0.25, 0.3) is 11.2 Å². The van der Waals surface area contributed by atoms with Crippen molar-refractivity contribution in [2.75, 3.05) is 0 Å². The van der Waals surface area contributed by atoms with Gasteiger partial charge in [-0.3, -0.25) is 0 Å². The van der Waals surface area contributed by atoms with Gasteiger partial charge in [0.15, 0.2) is 5.65 Å². The summed E-state index contributed by atoms with van der Waals surface area (Å²) in [5, 5.41) is 8.89. The zero-order valence-electron chi connectivity index (χ0n) is 9.33. The van der Waals surface area contributed by atoms with Crippen molar-refractivity contribution in [2.24, 2.45) is 0 Å². The lowest BCUT2D eigenvalue weighted by atomic mass is 10.2. The molecule has 0 radical (unpaired) electrons. The van der Waals surface area contributed by atoms with Gasteiger partial charge in [0.2, 0.25) is 0 Å². The summed E-state index contributed by atoms with van der Waals surface area (Å²) in [6.07, 6.45) is 7.99. The molecule has 0 saturated heterocycles. The second-order valence-corrected chi connectivity index (χ2v) is 4.46. The van der Waals surface area contributed by atoms with E-state index < -0.39 is 5.97 Å². The fraction of sp³-hybridized carbons (Fsp3) is 0.417. The molecule has 5 nitrogen and oxygen atoms in total. The van der Waals surface area contributed by atoms with Crippen LogP contribution in [0.4, 0.5) is 0 Å². The maximum absolute atomic E-state index is 10.8. The van der Waals surface area contributed by atoms with Crippen LogP contribution in [0.1, 0.15) is 42.1 Å². The van der Waals surface area contributed by atoms with Crippen LogP contribution in [-0.4, -0.2) is 25.6 Å². The number of hydrogen-bond donors (Lipinski definition) is 1. The van der Waals surface area contributed by atoms with Gasteiger partial charge in [-0.2, -0.15) is 0 Å². The molecule has 0 spiro atoms. The summed E-state index contributed by atoms with van der Waals surface area (Å²) < 4.78 is 2.08. The topological polar surface area (TPSA) is 68.0 Å². The summed E-state index contributed by atoms with van der Waals surface area (Å²) in [5.74, 6) is -0.963. The van der Waals surface area contributed by atoms with Crippen LogP contribution in [0, 0.1) is 0 Å². The van der Waals surface area contributed by atoms with E-state index in [9.17, 15) is 4.79 Å². The number of carboxylic acid groups (broad SMARTS) is 1. The lowest BCUT2D eigenvalue weighted by molar-refractivity contribution is 0.0696. The Balaban J connectivity index is 2.07. The molecule has 2 heterocycles. The number of nitrogens with zero attached hydrogens (tertiary/aromatic N) is 3. The SMILES string of the molecule is O=C(O)c1cnc2c(c1)ncn2C1CCCC1. The smallest absolute Gasteiger partial charge is 0.337 e. The number of carbonyl (C=O) groups is 1. The largest absolute Gasteiger partial charge is 0.478 e. The Kier molecular flexibility index (Phi) is 2.31. The maximum Gasteiger partial charge on any atom is 0.337 e. The Bertz CT molecular complexity index is 570. The Labute approximate surface area is 98.1 Å². The van der Waals surface area contributed by atoms with Gasteiger partial charge in [0.25, 0.3) is 0 Å². The van der Waals surface area contributed by atoms with Crippen LogP contribution in [0.15, 0.2) is 18.6 Å². The van der Waals surface area contributed by atoms with Gasteiger partial charge in [0, 0.05) is 12.2 Å². The lowest BCUT2D eigenvalue weighted by Gasteiger charge is -2.10. The van der Waals surface area contributed by atoms with Gasteiger partial charge in [0.1, 0.15) is 5.52 Å². The van der Waals surface area contributed by atoms with E-state index in [1.165, 1.54) is 19.0 Å². The van der Waals surface area contributed by atoms with Gasteiger partial charge in [-0.05, 0) is 18.9 Å². The van der Waals surface area contributed by atoms with Crippen molar-refractivity contribution < 1.29 is 9.90 Å². The first kappa shape index (κ1) is 10.3. The molecule has 88 valence electrons. The van der Waals surface area contributed by atoms with Crippen LogP contribution in [0.5, 0.6) is 0 Å². The van der Waals surface area contributed by atoms with Crippen LogP contribution >= 0.6 is 0 Å². The van der Waals surface area contributed by atoms with E-state index in [2.05, 4.69) is 14.5 Å². The van der Waals surface area contributed by atoms with Gasteiger partial charge >= 0.3 is 5.97 Å². The zero-order chi connectivity index (χ0) is 11.8. The predicted octanol–water partition coefficient (Wildman–Crippen LogP) is 2.24. The molecule has 2 aromatic rings. The fourth-order valence-corrected chi connectivity index (χ4v) is 2.49. The quantitative estimate of drug-likeness (QED) is 0.860. The monoisotopic (exact) mass is 231 g/mol. The van der Waals surface area contributed by atoms with Crippen molar-refractivity contribution in [1.82, 2.24) is 14.5 Å². The van der Waals surface area contributed by atoms with Gasteiger partial charge in [0.05, 0.1) is 11.9 Å². The molecule has 0 unspecified atom stereocenters. The second kappa shape index (κ2) is 3.84. The number of carboxylic acids is 1. The third-order valence-corrected chi connectivity index (χ3v) is 3.38. The van der Waals surface area contributed by atoms with Crippen molar-refractivity contribution in [3.63, 3.8) is 0 Å². The number of hydrogen-bond acceptors (Lipinski definition) is 3. The van der Waals surface area contributed by atoms with Crippen molar-refractivity contribution >= 4 is 17.1 Å². The third kappa shape index (κ3) is 1.67. The molecule has 1 saturated carbocycles. The van der Waals surface area contributed by atoms with Crippen LogP contribution in [0.2, 0.25) is 0 Å². The maximum atomic E-state index is 10.8. The Morgan fingerprint density at radius 1 is 1.35 bits per heavy atom. The first-order valence-corrected chi connectivity index (χ1v) is 5.81. The molecule has 0 atom stereocenters. The average Bonchev–Trinajstić information content (AvgIpc) is 2.96. The highest BCUT2D eigenvalue weighted by molar-refractivity contribution is 5.90. The zero-order valence-corrected chi connectivity index (χ0v) is 9.33. The average molecular weight is 231 g/mol. The van der Waals surface area contributed by atoms with Crippen molar-refractivity contribution in [2.45, 2.75) is 31.7 Å². The lowest BCUT2D eigenvalue weighted by Crippen LogP contribution is -2.04. The van der Waals surface area contributed by atoms with Gasteiger partial charge < -0.3 is 9.67 Å². The number of pyridine rings is 1. The molecule has 0 amide bonds. The van der Waals surface area contributed by atoms with Crippen LogP contribution < -0.4 is 0 Å². The molecule has 1 aliphatic rings. The van der Waals surface area contributed by atoms with Gasteiger partial charge in [-0.15, -0.1) is 0 Å². The van der Waals surface area contributed by atoms with Crippen LogP contribution in [0.3, 0.4) is 0 Å². The number of aromatic carboxylic acids is 1. The first-order chi connectivity index (χ1) is 8.25. The van der Waals surface area contributed by atoms with Gasteiger partial charge in [-0.25, -0.2) is 14.8 Å². The second-order valence-electron chi connectivity index (χ2n) is 4.46. The fourth-order valence-electron chi connectivity index (χ4n) is 2.49. The van der Waals surface area contributed by atoms with Crippen molar-refractivity contribution in [1.29, 1.82) is 0 Å². The molecule has 5 heteroatoms. The molecule has 2 aromatic heterocycles. The summed E-state index contributed by atoms with van der Waals surface area (Å²) in [5.41, 5.74) is 1.65. The first-order valence-electron chi connectivity index (χ1n) is 5.81. The molecule has 0 bridgehead atoms. The molecule has 0 aliphatic heterocycles. The number of rotatable bonds is 2. The minimum atomic E-state index is -0.963. The highest BCUT2D eigenvalue weighted by Crippen LogP contribution is 2.31. The van der Waals surface area contributed by atoms with Crippen molar-refractivity contribution in [3.8, 4) is 0 Å². The highest BCUT2D eigenvalue weighted by Gasteiger charge is 2.19. The van der Waals surface area contributed by atoms with Crippen molar-refractivity contribution in [3.05, 3.63) is 24.2 Å². The summed E-state index contributed by atoms with van der Waals surface area (Å²) in [6, 6.07) is 2.05. The molecule has 1 fully saturated rings. The predicted molar refractivity (Wildman–Crippen MR) is 62.0 cm³/mol. The van der Waals surface area contributed by atoms with E-state index in [0.29, 0.717) is 11.6 Å². The molecular weight excluding hydrogens is 218 g/mol. The van der Waals surface area contributed by atoms with E-state index in [0.717, 1.165) is 18.5 Å². The van der Waals surface area contributed by atoms with E-state index in [1.807, 2.05) is 0 Å². The molecule has 1 aliphatic carbocycles. The number of fused-ring (bicyclic) bond motifs is 1. The third-order valence-electron chi connectivity index (χ3n) is 3.38. The van der Waals surface area contributed by atoms with E-state index >= 15 is 0 Å². The molecule has 1 N–H and O–H groups in total. The number of aromatic nitrogens is 3. The van der Waals surface area contributed by atoms with Crippen LogP contribution in [-0.2, 0) is 0 Å². The summed E-state index contributed by atoms with van der Waals surface area (Å²) in [7, 11) is 0. The molecular formula is C12H13N3O2. The Hall–Kier alpha value is -1.91. The summed E-state index contributed by atoms with van der Waals surface area (Å²) in [6.45, 7) is 0. The molecule has 17 heavy (non-hydrogen) atoms.